The maximum absolute atomic E-state index is 9.79. The van der Waals surface area contributed by atoms with E-state index < -0.39 is 0 Å². The van der Waals surface area contributed by atoms with Crippen molar-refractivity contribution in [2.45, 2.75) is 57.8 Å². The summed E-state index contributed by atoms with van der Waals surface area (Å²) in [5, 5.41) is 9.79. The van der Waals surface area contributed by atoms with E-state index in [2.05, 4.69) is 27.4 Å². The maximum atomic E-state index is 9.79. The van der Waals surface area contributed by atoms with Crippen LogP contribution in [0, 0.1) is 5.92 Å². The second-order valence-corrected chi connectivity index (χ2v) is 4.88. The summed E-state index contributed by atoms with van der Waals surface area (Å²) in [6.07, 6.45) is 4.20. The highest BCUT2D eigenvalue weighted by Crippen LogP contribution is 2.34. The highest BCUT2D eigenvalue weighted by Gasteiger charge is 2.38. The third kappa shape index (κ3) is 2.58. The highest BCUT2D eigenvalue weighted by molar-refractivity contribution is 4.92. The Morgan fingerprint density at radius 2 is 2.29 bits per heavy atom. The van der Waals surface area contributed by atoms with Gasteiger partial charge in [0.05, 0.1) is 17.8 Å². The SMILES string of the molecule is C=CCC1(C)CCC(O)C(C(C)C)O1. The number of hydrogen-bond donors (Lipinski definition) is 1. The Morgan fingerprint density at radius 1 is 1.64 bits per heavy atom. The molecule has 1 rings (SSSR count). The van der Waals surface area contributed by atoms with Crippen molar-refractivity contribution in [3.63, 3.8) is 0 Å². The molecule has 0 spiro atoms. The molecule has 1 heterocycles. The van der Waals surface area contributed by atoms with Gasteiger partial charge in [-0.2, -0.15) is 0 Å². The zero-order valence-corrected chi connectivity index (χ0v) is 9.49. The van der Waals surface area contributed by atoms with Crippen LogP contribution in [0.2, 0.25) is 0 Å². The fourth-order valence-electron chi connectivity index (χ4n) is 2.12. The zero-order chi connectivity index (χ0) is 10.8. The Morgan fingerprint density at radius 3 is 2.79 bits per heavy atom. The van der Waals surface area contributed by atoms with Crippen molar-refractivity contribution < 1.29 is 9.84 Å². The Labute approximate surface area is 87.0 Å². The van der Waals surface area contributed by atoms with Crippen molar-refractivity contribution >= 4 is 0 Å². The molecule has 14 heavy (non-hydrogen) atoms. The summed E-state index contributed by atoms with van der Waals surface area (Å²) >= 11 is 0. The summed E-state index contributed by atoms with van der Waals surface area (Å²) in [7, 11) is 0. The Balaban J connectivity index is 2.65. The standard InChI is InChI=1S/C12H22O2/c1-5-7-12(4)8-6-10(13)11(14-12)9(2)3/h5,9-11,13H,1,6-8H2,2-4H3. The van der Waals surface area contributed by atoms with Gasteiger partial charge in [0.2, 0.25) is 0 Å². The van der Waals surface area contributed by atoms with Gasteiger partial charge in [-0.15, -0.1) is 6.58 Å². The molecule has 0 radical (unpaired) electrons. The van der Waals surface area contributed by atoms with Crippen LogP contribution in [0.15, 0.2) is 12.7 Å². The monoisotopic (exact) mass is 198 g/mol. The zero-order valence-electron chi connectivity index (χ0n) is 9.49. The maximum Gasteiger partial charge on any atom is 0.0864 e. The van der Waals surface area contributed by atoms with Crippen LogP contribution in [0.4, 0.5) is 0 Å². The quantitative estimate of drug-likeness (QED) is 0.706. The van der Waals surface area contributed by atoms with Crippen molar-refractivity contribution in [3.8, 4) is 0 Å². The van der Waals surface area contributed by atoms with Gasteiger partial charge in [-0.25, -0.2) is 0 Å². The third-order valence-corrected chi connectivity index (χ3v) is 3.00. The van der Waals surface area contributed by atoms with Crippen LogP contribution >= 0.6 is 0 Å². The number of hydrogen-bond acceptors (Lipinski definition) is 2. The van der Waals surface area contributed by atoms with E-state index in [-0.39, 0.29) is 17.8 Å². The Bertz CT molecular complexity index is 200. The van der Waals surface area contributed by atoms with Crippen LogP contribution in [0.5, 0.6) is 0 Å². The molecule has 0 aromatic rings. The van der Waals surface area contributed by atoms with Gasteiger partial charge in [0.25, 0.3) is 0 Å². The molecule has 0 aromatic heterocycles. The average Bonchev–Trinajstić information content (AvgIpc) is 2.10. The summed E-state index contributed by atoms with van der Waals surface area (Å²) in [5.74, 6) is 0.370. The lowest BCUT2D eigenvalue weighted by molar-refractivity contribution is -0.180. The van der Waals surface area contributed by atoms with Crippen LogP contribution in [0.3, 0.4) is 0 Å². The molecule has 3 unspecified atom stereocenters. The first-order valence-electron chi connectivity index (χ1n) is 5.45. The topological polar surface area (TPSA) is 29.5 Å². The fraction of sp³-hybridized carbons (Fsp3) is 0.833. The minimum absolute atomic E-state index is 0.0197. The first-order valence-corrected chi connectivity index (χ1v) is 5.45. The van der Waals surface area contributed by atoms with Gasteiger partial charge in [-0.3, -0.25) is 0 Å². The van der Waals surface area contributed by atoms with E-state index in [0.29, 0.717) is 5.92 Å². The molecule has 3 atom stereocenters. The van der Waals surface area contributed by atoms with Crippen molar-refractivity contribution in [2.75, 3.05) is 0 Å². The summed E-state index contributed by atoms with van der Waals surface area (Å²) in [6.45, 7) is 10.0. The van der Waals surface area contributed by atoms with E-state index in [1.807, 2.05) is 6.08 Å². The summed E-state index contributed by atoms with van der Waals surface area (Å²) < 4.78 is 5.97. The lowest BCUT2D eigenvalue weighted by Gasteiger charge is -2.42. The van der Waals surface area contributed by atoms with Crippen molar-refractivity contribution in [1.29, 1.82) is 0 Å². The predicted octanol–water partition coefficient (Wildman–Crippen LogP) is 2.52. The number of ether oxygens (including phenoxy) is 1. The molecule has 0 amide bonds. The van der Waals surface area contributed by atoms with E-state index in [1.54, 1.807) is 0 Å². The molecule has 0 aliphatic carbocycles. The Hall–Kier alpha value is -0.340. The molecule has 1 fully saturated rings. The summed E-state index contributed by atoms with van der Waals surface area (Å²) in [6, 6.07) is 0. The van der Waals surface area contributed by atoms with Crippen molar-refractivity contribution in [1.82, 2.24) is 0 Å². The van der Waals surface area contributed by atoms with Gasteiger partial charge in [-0.05, 0) is 32.1 Å². The molecule has 0 bridgehead atoms. The number of aliphatic hydroxyl groups excluding tert-OH is 1. The van der Waals surface area contributed by atoms with Crippen LogP contribution in [0.25, 0.3) is 0 Å². The first kappa shape index (κ1) is 11.7. The highest BCUT2D eigenvalue weighted by atomic mass is 16.5. The second kappa shape index (κ2) is 4.45. The van der Waals surface area contributed by atoms with E-state index in [4.69, 9.17) is 4.74 Å². The van der Waals surface area contributed by atoms with E-state index in [9.17, 15) is 5.11 Å². The van der Waals surface area contributed by atoms with Crippen LogP contribution in [-0.4, -0.2) is 22.9 Å². The van der Waals surface area contributed by atoms with Gasteiger partial charge in [0.15, 0.2) is 0 Å². The molecule has 0 aromatic carbocycles. The van der Waals surface area contributed by atoms with E-state index in [0.717, 1.165) is 19.3 Å². The molecule has 2 heteroatoms. The molecule has 1 aliphatic heterocycles. The second-order valence-electron chi connectivity index (χ2n) is 4.88. The predicted molar refractivity (Wildman–Crippen MR) is 58.2 cm³/mol. The lowest BCUT2D eigenvalue weighted by Crippen LogP contribution is -2.47. The van der Waals surface area contributed by atoms with Crippen LogP contribution in [-0.2, 0) is 4.74 Å². The average molecular weight is 198 g/mol. The van der Waals surface area contributed by atoms with Gasteiger partial charge >= 0.3 is 0 Å². The molecule has 1 aliphatic rings. The van der Waals surface area contributed by atoms with Gasteiger partial charge in [0, 0.05) is 0 Å². The fourth-order valence-corrected chi connectivity index (χ4v) is 2.12. The molecule has 0 saturated carbocycles. The Kier molecular flexibility index (Phi) is 3.73. The van der Waals surface area contributed by atoms with E-state index in [1.165, 1.54) is 0 Å². The summed E-state index contributed by atoms with van der Waals surface area (Å²) in [5.41, 5.74) is -0.115. The normalized spacial score (nSPS) is 38.6. The molecular weight excluding hydrogens is 176 g/mol. The number of aliphatic hydroxyl groups is 1. The minimum atomic E-state index is -0.298. The molecule has 82 valence electrons. The van der Waals surface area contributed by atoms with Crippen LogP contribution in [0.1, 0.15) is 40.0 Å². The minimum Gasteiger partial charge on any atom is -0.390 e. The molecule has 2 nitrogen and oxygen atoms in total. The van der Waals surface area contributed by atoms with E-state index >= 15 is 0 Å². The van der Waals surface area contributed by atoms with Crippen molar-refractivity contribution in [3.05, 3.63) is 12.7 Å². The van der Waals surface area contributed by atoms with Gasteiger partial charge in [-0.1, -0.05) is 19.9 Å². The van der Waals surface area contributed by atoms with Crippen LogP contribution < -0.4 is 0 Å². The van der Waals surface area contributed by atoms with Crippen molar-refractivity contribution in [2.24, 2.45) is 5.92 Å². The molecular formula is C12H22O2. The largest absolute Gasteiger partial charge is 0.390 e. The first-order chi connectivity index (χ1) is 6.48. The lowest BCUT2D eigenvalue weighted by atomic mass is 9.86. The van der Waals surface area contributed by atoms with Gasteiger partial charge in [0.1, 0.15) is 0 Å². The smallest absolute Gasteiger partial charge is 0.0864 e. The molecule has 1 saturated heterocycles. The van der Waals surface area contributed by atoms with Gasteiger partial charge < -0.3 is 9.84 Å². The number of rotatable bonds is 3. The molecule has 1 N–H and O–H groups in total. The summed E-state index contributed by atoms with van der Waals surface area (Å²) in [4.78, 5) is 0. The third-order valence-electron chi connectivity index (χ3n) is 3.00.